The van der Waals surface area contributed by atoms with Crippen LogP contribution in [-0.2, 0) is 4.79 Å². The van der Waals surface area contributed by atoms with E-state index < -0.39 is 0 Å². The molecule has 6 unspecified atom stereocenters. The number of aliphatic hydroxyl groups excluding tert-OH is 1. The van der Waals surface area contributed by atoms with E-state index in [-0.39, 0.29) is 12.0 Å². The van der Waals surface area contributed by atoms with Crippen molar-refractivity contribution in [3.8, 4) is 0 Å². The van der Waals surface area contributed by atoms with Crippen LogP contribution in [0.25, 0.3) is 0 Å². The van der Waals surface area contributed by atoms with E-state index in [0.717, 1.165) is 38.1 Å². The van der Waals surface area contributed by atoms with Crippen LogP contribution in [-0.4, -0.2) is 40.4 Å². The maximum absolute atomic E-state index is 13.7. The van der Waals surface area contributed by atoms with Crippen LogP contribution in [0.4, 0.5) is 0 Å². The predicted octanol–water partition coefficient (Wildman–Crippen LogP) is 6.79. The van der Waals surface area contributed by atoms with Crippen molar-refractivity contribution >= 4 is 11.7 Å². The molecule has 36 heavy (non-hydrogen) atoms. The van der Waals surface area contributed by atoms with Crippen molar-refractivity contribution in [3.63, 3.8) is 0 Å². The van der Waals surface area contributed by atoms with Crippen molar-refractivity contribution in [2.75, 3.05) is 6.54 Å². The summed E-state index contributed by atoms with van der Waals surface area (Å²) >= 11 is 0. The number of fused-ring (bicyclic) bond motifs is 1. The zero-order valence-electron chi connectivity index (χ0n) is 23.2. The first kappa shape index (κ1) is 26.2. The van der Waals surface area contributed by atoms with Gasteiger partial charge in [-0.05, 0) is 111 Å². The predicted molar refractivity (Wildman–Crippen MR) is 148 cm³/mol. The van der Waals surface area contributed by atoms with E-state index in [9.17, 15) is 9.90 Å². The van der Waals surface area contributed by atoms with E-state index >= 15 is 0 Å². The van der Waals surface area contributed by atoms with Crippen molar-refractivity contribution in [2.24, 2.45) is 52.3 Å². The molecule has 0 aromatic heterocycles. The van der Waals surface area contributed by atoms with Gasteiger partial charge >= 0.3 is 0 Å². The SMILES string of the molecule is CC1C=CC2=C[C@H](C)CCC2C1CCC(O)CCCC(=O)N(C1=NCC(C)C1C)C(C1CC1)C1CC1. The quantitative estimate of drug-likeness (QED) is 0.363. The molecule has 5 aliphatic rings. The number of hydrogen-bond acceptors (Lipinski definition) is 3. The van der Waals surface area contributed by atoms with Crippen LogP contribution in [0.1, 0.15) is 98.3 Å². The third kappa shape index (κ3) is 5.84. The number of amides is 1. The van der Waals surface area contributed by atoms with Gasteiger partial charge in [-0.25, -0.2) is 0 Å². The Morgan fingerprint density at radius 2 is 1.78 bits per heavy atom. The van der Waals surface area contributed by atoms with Crippen LogP contribution < -0.4 is 0 Å². The fraction of sp³-hybridized carbons (Fsp3) is 0.812. The Bertz CT molecular complexity index is 871. The molecule has 1 N–H and O–H groups in total. The van der Waals surface area contributed by atoms with Gasteiger partial charge in [0.25, 0.3) is 0 Å². The number of aliphatic imine (C=N–C) groups is 1. The molecule has 0 saturated heterocycles. The molecule has 200 valence electrons. The third-order valence-electron chi connectivity index (χ3n) is 10.2. The molecule has 2 saturated carbocycles. The number of amidine groups is 1. The number of carbonyl (C=O) groups is 1. The molecule has 4 heteroatoms. The molecular formula is C32H50N2O2. The number of rotatable bonds is 10. The molecule has 0 bridgehead atoms. The molecule has 0 aromatic rings. The van der Waals surface area contributed by atoms with Gasteiger partial charge in [-0.2, -0.15) is 0 Å². The van der Waals surface area contributed by atoms with Crippen molar-refractivity contribution in [1.82, 2.24) is 4.90 Å². The smallest absolute Gasteiger partial charge is 0.228 e. The van der Waals surface area contributed by atoms with Gasteiger partial charge in [0.05, 0.1) is 6.10 Å². The van der Waals surface area contributed by atoms with Crippen LogP contribution in [0.2, 0.25) is 0 Å². The average Bonchev–Trinajstić information content (AvgIpc) is 3.78. The van der Waals surface area contributed by atoms with Crippen LogP contribution >= 0.6 is 0 Å². The minimum atomic E-state index is -0.301. The first-order chi connectivity index (χ1) is 17.3. The second-order valence-electron chi connectivity index (χ2n) is 13.2. The normalized spacial score (nSPS) is 34.8. The van der Waals surface area contributed by atoms with E-state index in [1.54, 1.807) is 0 Å². The molecule has 5 rings (SSSR count). The van der Waals surface area contributed by atoms with Crippen molar-refractivity contribution in [2.45, 2.75) is 110 Å². The van der Waals surface area contributed by atoms with Gasteiger partial charge in [0, 0.05) is 24.9 Å². The highest BCUT2D eigenvalue weighted by molar-refractivity contribution is 6.00. The zero-order valence-corrected chi connectivity index (χ0v) is 23.2. The highest BCUT2D eigenvalue weighted by Crippen LogP contribution is 2.48. The highest BCUT2D eigenvalue weighted by atomic mass is 16.3. The summed E-state index contributed by atoms with van der Waals surface area (Å²) in [6.45, 7) is 10.0. The van der Waals surface area contributed by atoms with E-state index in [4.69, 9.17) is 4.99 Å². The van der Waals surface area contributed by atoms with Gasteiger partial charge in [0.1, 0.15) is 5.84 Å². The monoisotopic (exact) mass is 494 g/mol. The Balaban J connectivity index is 1.13. The lowest BCUT2D eigenvalue weighted by molar-refractivity contribution is -0.130. The van der Waals surface area contributed by atoms with Crippen molar-refractivity contribution < 1.29 is 9.90 Å². The summed E-state index contributed by atoms with van der Waals surface area (Å²) in [5.74, 6) is 6.19. The van der Waals surface area contributed by atoms with Crippen LogP contribution in [0.5, 0.6) is 0 Å². The Kier molecular flexibility index (Phi) is 8.10. The highest BCUT2D eigenvalue weighted by Gasteiger charge is 2.49. The number of carbonyl (C=O) groups excluding carboxylic acids is 1. The summed E-state index contributed by atoms with van der Waals surface area (Å²) < 4.78 is 0. The second kappa shape index (κ2) is 11.1. The van der Waals surface area contributed by atoms with E-state index in [1.807, 2.05) is 0 Å². The Hall–Kier alpha value is -1.42. The van der Waals surface area contributed by atoms with E-state index in [2.05, 4.69) is 50.8 Å². The van der Waals surface area contributed by atoms with E-state index in [1.165, 1.54) is 44.1 Å². The molecule has 0 radical (unpaired) electrons. The fourth-order valence-electron chi connectivity index (χ4n) is 7.38. The number of allylic oxidation sites excluding steroid dienone is 4. The van der Waals surface area contributed by atoms with Gasteiger partial charge in [-0.15, -0.1) is 0 Å². The molecule has 1 aliphatic heterocycles. The van der Waals surface area contributed by atoms with Gasteiger partial charge in [0.2, 0.25) is 5.91 Å². The number of nitrogens with zero attached hydrogens (tertiary/aromatic N) is 2. The molecule has 1 amide bonds. The third-order valence-corrected chi connectivity index (χ3v) is 10.2. The Morgan fingerprint density at radius 3 is 2.42 bits per heavy atom. The number of aliphatic hydroxyl groups is 1. The van der Waals surface area contributed by atoms with Crippen LogP contribution in [0.15, 0.2) is 28.8 Å². The topological polar surface area (TPSA) is 52.9 Å². The Labute approximate surface area is 219 Å². The van der Waals surface area contributed by atoms with Crippen LogP contribution in [0.3, 0.4) is 0 Å². The lowest BCUT2D eigenvalue weighted by Crippen LogP contribution is -2.48. The van der Waals surface area contributed by atoms with Gasteiger partial charge in [-0.3, -0.25) is 14.7 Å². The molecule has 0 spiro atoms. The largest absolute Gasteiger partial charge is 0.393 e. The summed E-state index contributed by atoms with van der Waals surface area (Å²) in [6, 6.07) is 0.384. The maximum atomic E-state index is 13.7. The summed E-state index contributed by atoms with van der Waals surface area (Å²) in [4.78, 5) is 20.7. The summed E-state index contributed by atoms with van der Waals surface area (Å²) in [5.41, 5.74) is 1.54. The fourth-order valence-corrected chi connectivity index (χ4v) is 7.38. The molecule has 4 nitrogen and oxygen atoms in total. The number of hydrogen-bond donors (Lipinski definition) is 1. The first-order valence-corrected chi connectivity index (χ1v) is 15.3. The summed E-state index contributed by atoms with van der Waals surface area (Å²) in [5, 5.41) is 10.9. The summed E-state index contributed by atoms with van der Waals surface area (Å²) in [6.07, 6.45) is 18.6. The lowest BCUT2D eigenvalue weighted by atomic mass is 9.66. The first-order valence-electron chi connectivity index (χ1n) is 15.3. The lowest BCUT2D eigenvalue weighted by Gasteiger charge is -2.39. The zero-order chi connectivity index (χ0) is 25.4. The van der Waals surface area contributed by atoms with Gasteiger partial charge < -0.3 is 5.11 Å². The minimum Gasteiger partial charge on any atom is -0.393 e. The van der Waals surface area contributed by atoms with Gasteiger partial charge in [0.15, 0.2) is 0 Å². The average molecular weight is 495 g/mol. The van der Waals surface area contributed by atoms with Crippen LogP contribution in [0, 0.1) is 47.3 Å². The summed E-state index contributed by atoms with van der Waals surface area (Å²) in [7, 11) is 0. The molecule has 7 atom stereocenters. The molecule has 2 fully saturated rings. The maximum Gasteiger partial charge on any atom is 0.228 e. The minimum absolute atomic E-state index is 0.267. The second-order valence-corrected chi connectivity index (χ2v) is 13.2. The Morgan fingerprint density at radius 1 is 1.06 bits per heavy atom. The molecule has 4 aliphatic carbocycles. The van der Waals surface area contributed by atoms with Crippen molar-refractivity contribution in [3.05, 3.63) is 23.8 Å². The molecule has 0 aromatic carbocycles. The van der Waals surface area contributed by atoms with Gasteiger partial charge in [-0.1, -0.05) is 45.9 Å². The van der Waals surface area contributed by atoms with Crippen molar-refractivity contribution in [1.29, 1.82) is 0 Å². The standard InChI is InChI=1S/C32H50N2O2/c1-20-8-16-29-26(18-20)10-9-21(2)28(29)17-15-27(35)6-5-7-30(36)34(32-23(4)22(3)19-33-32)31(24-11-12-24)25-13-14-25/h9-10,18,20-25,27-29,31,35H,5-8,11-17,19H2,1-4H3/t20-,21?,22?,23?,27?,28?,29?/m1/s1. The van der Waals surface area contributed by atoms with E-state index in [0.29, 0.717) is 59.8 Å². The molecular weight excluding hydrogens is 444 g/mol. The molecule has 1 heterocycles.